The van der Waals surface area contributed by atoms with Crippen molar-refractivity contribution in [3.8, 4) is 0 Å². The number of hydrogen-bond acceptors (Lipinski definition) is 4. The number of carbonyl (C=O) groups excluding carboxylic acids is 1. The molecule has 1 N–H and O–H groups in total. The summed E-state index contributed by atoms with van der Waals surface area (Å²) in [6.07, 6.45) is 0. The van der Waals surface area contributed by atoms with Crippen molar-refractivity contribution in [2.75, 3.05) is 6.54 Å². The topological polar surface area (TPSA) is 55.1 Å². The number of thioether (sulfide) groups is 1. The van der Waals surface area contributed by atoms with Gasteiger partial charge in [0.15, 0.2) is 5.58 Å². The van der Waals surface area contributed by atoms with E-state index in [0.717, 1.165) is 11.1 Å². The highest BCUT2D eigenvalue weighted by Crippen LogP contribution is 2.26. The molecule has 0 radical (unpaired) electrons. The van der Waals surface area contributed by atoms with E-state index in [2.05, 4.69) is 10.3 Å². The van der Waals surface area contributed by atoms with Crippen LogP contribution in [-0.2, 0) is 4.79 Å². The van der Waals surface area contributed by atoms with Gasteiger partial charge in [-0.15, -0.1) is 0 Å². The van der Waals surface area contributed by atoms with Gasteiger partial charge in [-0.2, -0.15) is 0 Å². The van der Waals surface area contributed by atoms with Crippen LogP contribution in [0, 0.1) is 0 Å². The summed E-state index contributed by atoms with van der Waals surface area (Å²) in [7, 11) is 0. The average Bonchev–Trinajstić information content (AvgIpc) is 2.71. The summed E-state index contributed by atoms with van der Waals surface area (Å²) >= 11 is 1.33. The van der Waals surface area contributed by atoms with Gasteiger partial charge in [-0.3, -0.25) is 4.79 Å². The Labute approximate surface area is 104 Å². The van der Waals surface area contributed by atoms with Gasteiger partial charge in [0.25, 0.3) is 5.22 Å². The van der Waals surface area contributed by atoms with Crippen molar-refractivity contribution in [1.82, 2.24) is 10.3 Å². The summed E-state index contributed by atoms with van der Waals surface area (Å²) in [4.78, 5) is 15.9. The van der Waals surface area contributed by atoms with Crippen LogP contribution < -0.4 is 5.32 Å². The Morgan fingerprint density at radius 3 is 3.00 bits per heavy atom. The van der Waals surface area contributed by atoms with E-state index in [1.807, 2.05) is 38.1 Å². The fourth-order valence-electron chi connectivity index (χ4n) is 1.42. The lowest BCUT2D eigenvalue weighted by atomic mass is 10.3. The SMILES string of the molecule is CCNC(=O)[C@@H](C)Sc1nc2ccccc2o1. The molecular formula is C12H14N2O2S. The predicted molar refractivity (Wildman–Crippen MR) is 68.0 cm³/mol. The number of nitrogens with one attached hydrogen (secondary N) is 1. The maximum atomic E-state index is 11.6. The van der Waals surface area contributed by atoms with E-state index in [4.69, 9.17) is 4.42 Å². The summed E-state index contributed by atoms with van der Waals surface area (Å²) in [5.74, 6) is -0.000226. The first kappa shape index (κ1) is 12.0. The second-order valence-corrected chi connectivity index (χ2v) is 4.89. The Morgan fingerprint density at radius 2 is 2.29 bits per heavy atom. The van der Waals surface area contributed by atoms with Crippen LogP contribution >= 0.6 is 11.8 Å². The van der Waals surface area contributed by atoms with Gasteiger partial charge in [-0.05, 0) is 26.0 Å². The molecule has 17 heavy (non-hydrogen) atoms. The van der Waals surface area contributed by atoms with E-state index in [-0.39, 0.29) is 11.2 Å². The molecule has 0 aliphatic heterocycles. The first-order chi connectivity index (χ1) is 8.20. The molecule has 1 atom stereocenters. The first-order valence-corrected chi connectivity index (χ1v) is 6.38. The van der Waals surface area contributed by atoms with Gasteiger partial charge in [0.05, 0.1) is 5.25 Å². The molecule has 0 unspecified atom stereocenters. The molecule has 1 aromatic carbocycles. The minimum Gasteiger partial charge on any atom is -0.431 e. The lowest BCUT2D eigenvalue weighted by Crippen LogP contribution is -2.30. The van der Waals surface area contributed by atoms with Crippen LogP contribution in [-0.4, -0.2) is 22.7 Å². The number of benzene rings is 1. The monoisotopic (exact) mass is 250 g/mol. The largest absolute Gasteiger partial charge is 0.431 e. The number of carbonyl (C=O) groups is 1. The van der Waals surface area contributed by atoms with Crippen LogP contribution in [0.5, 0.6) is 0 Å². The van der Waals surface area contributed by atoms with E-state index in [9.17, 15) is 4.79 Å². The standard InChI is InChI=1S/C12H14N2O2S/c1-3-13-11(15)8(2)17-12-14-9-6-4-5-7-10(9)16-12/h4-8H,3H2,1-2H3,(H,13,15)/t8-/m1/s1. The van der Waals surface area contributed by atoms with Gasteiger partial charge >= 0.3 is 0 Å². The summed E-state index contributed by atoms with van der Waals surface area (Å²) in [5.41, 5.74) is 1.57. The van der Waals surface area contributed by atoms with Gasteiger partial charge in [-0.1, -0.05) is 23.9 Å². The van der Waals surface area contributed by atoms with Crippen molar-refractivity contribution < 1.29 is 9.21 Å². The number of nitrogens with zero attached hydrogens (tertiary/aromatic N) is 1. The summed E-state index contributed by atoms with van der Waals surface area (Å²) in [6.45, 7) is 4.37. The van der Waals surface area contributed by atoms with Crippen molar-refractivity contribution in [2.45, 2.75) is 24.3 Å². The van der Waals surface area contributed by atoms with Crippen molar-refractivity contribution >= 4 is 28.8 Å². The third-order valence-electron chi connectivity index (χ3n) is 2.27. The first-order valence-electron chi connectivity index (χ1n) is 5.50. The molecule has 2 aromatic rings. The third-order valence-corrected chi connectivity index (χ3v) is 3.22. The van der Waals surface area contributed by atoms with E-state index in [1.54, 1.807) is 0 Å². The lowest BCUT2D eigenvalue weighted by molar-refractivity contribution is -0.120. The maximum absolute atomic E-state index is 11.6. The molecule has 0 bridgehead atoms. The number of amides is 1. The van der Waals surface area contributed by atoms with Crippen molar-refractivity contribution in [3.05, 3.63) is 24.3 Å². The molecule has 2 rings (SSSR count). The molecular weight excluding hydrogens is 236 g/mol. The molecule has 0 saturated heterocycles. The van der Waals surface area contributed by atoms with Gasteiger partial charge in [0.2, 0.25) is 5.91 Å². The second-order valence-electron chi connectivity index (χ2n) is 3.60. The molecule has 0 fully saturated rings. The molecule has 5 heteroatoms. The van der Waals surface area contributed by atoms with E-state index in [1.165, 1.54) is 11.8 Å². The van der Waals surface area contributed by atoms with Crippen LogP contribution in [0.1, 0.15) is 13.8 Å². The van der Waals surface area contributed by atoms with Crippen LogP contribution in [0.2, 0.25) is 0 Å². The summed E-state index contributed by atoms with van der Waals surface area (Å²) in [5, 5.41) is 3.10. The minimum absolute atomic E-state index is 0.000226. The molecule has 0 spiro atoms. The molecule has 1 amide bonds. The van der Waals surface area contributed by atoms with Gasteiger partial charge in [0.1, 0.15) is 5.52 Å². The molecule has 1 aromatic heterocycles. The maximum Gasteiger partial charge on any atom is 0.257 e. The molecule has 0 aliphatic rings. The number of rotatable bonds is 4. The van der Waals surface area contributed by atoms with Crippen LogP contribution in [0.3, 0.4) is 0 Å². The minimum atomic E-state index is -0.206. The third kappa shape index (κ3) is 2.79. The summed E-state index contributed by atoms with van der Waals surface area (Å²) in [6, 6.07) is 7.56. The summed E-state index contributed by atoms with van der Waals surface area (Å²) < 4.78 is 5.54. The van der Waals surface area contributed by atoms with Crippen molar-refractivity contribution in [2.24, 2.45) is 0 Å². The van der Waals surface area contributed by atoms with Crippen molar-refractivity contribution in [1.29, 1.82) is 0 Å². The highest BCUT2D eigenvalue weighted by atomic mass is 32.2. The number of hydrogen-bond donors (Lipinski definition) is 1. The van der Waals surface area contributed by atoms with Crippen molar-refractivity contribution in [3.63, 3.8) is 0 Å². The number of para-hydroxylation sites is 2. The molecule has 0 saturated carbocycles. The van der Waals surface area contributed by atoms with Gasteiger partial charge in [0, 0.05) is 6.54 Å². The zero-order valence-electron chi connectivity index (χ0n) is 9.77. The predicted octanol–water partition coefficient (Wildman–Crippen LogP) is 2.44. The fourth-order valence-corrected chi connectivity index (χ4v) is 2.21. The Kier molecular flexibility index (Phi) is 3.68. The molecule has 4 nitrogen and oxygen atoms in total. The Hall–Kier alpha value is -1.49. The van der Waals surface area contributed by atoms with Crippen LogP contribution in [0.4, 0.5) is 0 Å². The van der Waals surface area contributed by atoms with Crippen LogP contribution in [0.25, 0.3) is 11.1 Å². The van der Waals surface area contributed by atoms with E-state index < -0.39 is 0 Å². The Balaban J connectivity index is 2.10. The number of oxazole rings is 1. The molecule has 90 valence electrons. The zero-order valence-corrected chi connectivity index (χ0v) is 10.6. The van der Waals surface area contributed by atoms with Crippen LogP contribution in [0.15, 0.2) is 33.9 Å². The lowest BCUT2D eigenvalue weighted by Gasteiger charge is -2.07. The molecule has 0 aliphatic carbocycles. The van der Waals surface area contributed by atoms with E-state index in [0.29, 0.717) is 11.8 Å². The average molecular weight is 250 g/mol. The number of aromatic nitrogens is 1. The van der Waals surface area contributed by atoms with Gasteiger partial charge in [-0.25, -0.2) is 4.98 Å². The zero-order chi connectivity index (χ0) is 12.3. The van der Waals surface area contributed by atoms with Gasteiger partial charge < -0.3 is 9.73 Å². The van der Waals surface area contributed by atoms with E-state index >= 15 is 0 Å². The second kappa shape index (κ2) is 5.23. The molecule has 1 heterocycles. The number of fused-ring (bicyclic) bond motifs is 1. The smallest absolute Gasteiger partial charge is 0.257 e. The Morgan fingerprint density at radius 1 is 1.53 bits per heavy atom. The normalized spacial score (nSPS) is 12.6. The highest BCUT2D eigenvalue weighted by molar-refractivity contribution is 8.00. The highest BCUT2D eigenvalue weighted by Gasteiger charge is 2.16. The fraction of sp³-hybridized carbons (Fsp3) is 0.333. The Bertz CT molecular complexity index is 491. The quantitative estimate of drug-likeness (QED) is 0.847.